The third kappa shape index (κ3) is 6.47. The Bertz CT molecular complexity index is 914. The maximum Gasteiger partial charge on any atom is 0.308 e. The Morgan fingerprint density at radius 1 is 1.00 bits per heavy atom. The number of carbonyl (C=O) groups is 3. The van der Waals surface area contributed by atoms with Gasteiger partial charge in [0.2, 0.25) is 5.91 Å². The number of piperazine rings is 1. The van der Waals surface area contributed by atoms with E-state index in [4.69, 9.17) is 14.2 Å². The van der Waals surface area contributed by atoms with E-state index in [0.29, 0.717) is 37.6 Å². The van der Waals surface area contributed by atoms with Crippen molar-refractivity contribution in [3.8, 4) is 11.5 Å². The summed E-state index contributed by atoms with van der Waals surface area (Å²) >= 11 is 0. The van der Waals surface area contributed by atoms with Crippen molar-refractivity contribution in [2.45, 2.75) is 32.4 Å². The van der Waals surface area contributed by atoms with Crippen LogP contribution in [-0.4, -0.2) is 61.1 Å². The van der Waals surface area contributed by atoms with E-state index in [1.54, 1.807) is 38.1 Å². The first-order valence-electron chi connectivity index (χ1n) is 10.6. The quantitative estimate of drug-likeness (QED) is 0.475. The second-order valence-electron chi connectivity index (χ2n) is 7.58. The third-order valence-corrected chi connectivity index (χ3v) is 4.78. The fourth-order valence-corrected chi connectivity index (χ4v) is 3.32. The van der Waals surface area contributed by atoms with Gasteiger partial charge in [-0.2, -0.15) is 0 Å². The summed E-state index contributed by atoms with van der Waals surface area (Å²) < 4.78 is 16.4. The van der Waals surface area contributed by atoms with Gasteiger partial charge in [0.05, 0.1) is 12.5 Å². The molecule has 1 heterocycles. The van der Waals surface area contributed by atoms with Crippen molar-refractivity contribution in [3.63, 3.8) is 0 Å². The lowest BCUT2D eigenvalue weighted by Gasteiger charge is -2.34. The molecule has 32 heavy (non-hydrogen) atoms. The Hall–Kier alpha value is -3.55. The van der Waals surface area contributed by atoms with Gasteiger partial charge in [0.25, 0.3) is 5.91 Å². The van der Waals surface area contributed by atoms with E-state index < -0.39 is 12.0 Å². The molecule has 0 saturated carbocycles. The maximum absolute atomic E-state index is 13.0. The number of ether oxygens (including phenoxy) is 3. The van der Waals surface area contributed by atoms with Gasteiger partial charge < -0.3 is 24.4 Å². The summed E-state index contributed by atoms with van der Waals surface area (Å²) in [5, 5.41) is 2.70. The lowest BCUT2D eigenvalue weighted by Crippen LogP contribution is -2.57. The van der Waals surface area contributed by atoms with Crippen LogP contribution in [0.4, 0.5) is 0 Å². The van der Waals surface area contributed by atoms with Crippen LogP contribution in [0, 0.1) is 0 Å². The molecule has 0 bridgehead atoms. The Kier molecular flexibility index (Phi) is 8.08. The number of para-hydroxylation sites is 1. The minimum absolute atomic E-state index is 0.182. The molecule has 2 amide bonds. The van der Waals surface area contributed by atoms with Crippen LogP contribution in [0.5, 0.6) is 11.5 Å². The summed E-state index contributed by atoms with van der Waals surface area (Å²) in [4.78, 5) is 38.8. The van der Waals surface area contributed by atoms with Gasteiger partial charge in [0.1, 0.15) is 30.8 Å². The minimum atomic E-state index is -0.895. The van der Waals surface area contributed by atoms with E-state index in [1.807, 2.05) is 30.3 Å². The number of hydrogen-bond donors (Lipinski definition) is 1. The fraction of sp³-hybridized carbons (Fsp3) is 0.375. The second-order valence-corrected chi connectivity index (χ2v) is 7.58. The summed E-state index contributed by atoms with van der Waals surface area (Å²) in [6.07, 6.45) is -0.470. The minimum Gasteiger partial charge on any atom is -0.490 e. The number of carbonyl (C=O) groups excluding carboxylic acids is 3. The molecule has 1 fully saturated rings. The maximum atomic E-state index is 13.0. The van der Waals surface area contributed by atoms with Crippen molar-refractivity contribution >= 4 is 17.8 Å². The van der Waals surface area contributed by atoms with Crippen LogP contribution >= 0.6 is 0 Å². The number of esters is 1. The highest BCUT2D eigenvalue weighted by atomic mass is 16.5. The van der Waals surface area contributed by atoms with Crippen LogP contribution in [0.15, 0.2) is 54.6 Å². The highest BCUT2D eigenvalue weighted by Gasteiger charge is 2.35. The molecule has 8 heteroatoms. The molecular weight excluding hydrogens is 412 g/mol. The highest BCUT2D eigenvalue weighted by Crippen LogP contribution is 2.18. The number of benzene rings is 2. The molecule has 0 aliphatic carbocycles. The molecule has 0 aromatic heterocycles. The van der Waals surface area contributed by atoms with E-state index in [0.717, 1.165) is 5.75 Å². The SMILES string of the molecule is CC(C)OC(=O)CC1C(=O)NCCN1C(=O)c1ccc(OCCOc2ccccc2)cc1. The molecule has 1 aliphatic rings. The molecule has 2 aromatic carbocycles. The zero-order valence-electron chi connectivity index (χ0n) is 18.3. The van der Waals surface area contributed by atoms with Crippen molar-refractivity contribution in [1.82, 2.24) is 10.2 Å². The van der Waals surface area contributed by atoms with E-state index in [-0.39, 0.29) is 24.3 Å². The van der Waals surface area contributed by atoms with Gasteiger partial charge in [0, 0.05) is 18.7 Å². The molecule has 8 nitrogen and oxygen atoms in total. The summed E-state index contributed by atoms with van der Waals surface area (Å²) in [6, 6.07) is 15.2. The molecule has 3 rings (SSSR count). The fourth-order valence-electron chi connectivity index (χ4n) is 3.32. The van der Waals surface area contributed by atoms with Crippen LogP contribution in [0.2, 0.25) is 0 Å². The Balaban J connectivity index is 1.55. The van der Waals surface area contributed by atoms with Crippen molar-refractivity contribution in [2.24, 2.45) is 0 Å². The molecule has 1 atom stereocenters. The van der Waals surface area contributed by atoms with E-state index in [1.165, 1.54) is 4.90 Å². The predicted octanol–water partition coefficient (Wildman–Crippen LogP) is 2.43. The van der Waals surface area contributed by atoms with Gasteiger partial charge in [-0.05, 0) is 50.2 Å². The summed E-state index contributed by atoms with van der Waals surface area (Å²) in [7, 11) is 0. The van der Waals surface area contributed by atoms with E-state index >= 15 is 0 Å². The standard InChI is InChI=1S/C24H28N2O6/c1-17(2)32-22(27)16-21-23(28)25-12-13-26(21)24(29)18-8-10-20(11-9-18)31-15-14-30-19-6-4-3-5-7-19/h3-11,17,21H,12-16H2,1-2H3,(H,25,28). The number of nitrogens with zero attached hydrogens (tertiary/aromatic N) is 1. The van der Waals surface area contributed by atoms with Gasteiger partial charge in [-0.15, -0.1) is 0 Å². The van der Waals surface area contributed by atoms with Crippen LogP contribution in [0.3, 0.4) is 0 Å². The van der Waals surface area contributed by atoms with Crippen LogP contribution in [0.25, 0.3) is 0 Å². The van der Waals surface area contributed by atoms with Gasteiger partial charge in [0.15, 0.2) is 0 Å². The smallest absolute Gasteiger partial charge is 0.308 e. The molecule has 0 radical (unpaired) electrons. The zero-order chi connectivity index (χ0) is 22.9. The lowest BCUT2D eigenvalue weighted by molar-refractivity contribution is -0.151. The summed E-state index contributed by atoms with van der Waals surface area (Å²) in [5.41, 5.74) is 0.412. The first kappa shape index (κ1) is 23.1. The number of hydrogen-bond acceptors (Lipinski definition) is 6. The average molecular weight is 440 g/mol. The topological polar surface area (TPSA) is 94.2 Å². The lowest BCUT2D eigenvalue weighted by atomic mass is 10.1. The Labute approximate surface area is 187 Å². The normalized spacial score (nSPS) is 15.8. The van der Waals surface area contributed by atoms with E-state index in [2.05, 4.69) is 5.32 Å². The largest absolute Gasteiger partial charge is 0.490 e. The molecular formula is C24H28N2O6. The van der Waals surface area contributed by atoms with Crippen molar-refractivity contribution in [1.29, 1.82) is 0 Å². The number of amides is 2. The molecule has 0 spiro atoms. The zero-order valence-corrected chi connectivity index (χ0v) is 18.3. The first-order valence-corrected chi connectivity index (χ1v) is 10.6. The van der Waals surface area contributed by atoms with E-state index in [9.17, 15) is 14.4 Å². The highest BCUT2D eigenvalue weighted by molar-refractivity contribution is 5.99. The monoisotopic (exact) mass is 440 g/mol. The van der Waals surface area contributed by atoms with Crippen LogP contribution < -0.4 is 14.8 Å². The Morgan fingerprint density at radius 2 is 1.62 bits per heavy atom. The van der Waals surface area contributed by atoms with Gasteiger partial charge in [-0.3, -0.25) is 14.4 Å². The average Bonchev–Trinajstić information content (AvgIpc) is 2.78. The molecule has 1 unspecified atom stereocenters. The Morgan fingerprint density at radius 3 is 2.25 bits per heavy atom. The summed E-state index contributed by atoms with van der Waals surface area (Å²) in [5.74, 6) is 0.187. The van der Waals surface area contributed by atoms with Crippen molar-refractivity contribution < 1.29 is 28.6 Å². The van der Waals surface area contributed by atoms with Gasteiger partial charge in [-0.25, -0.2) is 0 Å². The van der Waals surface area contributed by atoms with Crippen LogP contribution in [-0.2, 0) is 14.3 Å². The summed E-state index contributed by atoms with van der Waals surface area (Å²) in [6.45, 7) is 4.87. The third-order valence-electron chi connectivity index (χ3n) is 4.78. The predicted molar refractivity (Wildman–Crippen MR) is 118 cm³/mol. The van der Waals surface area contributed by atoms with Crippen molar-refractivity contribution in [3.05, 3.63) is 60.2 Å². The van der Waals surface area contributed by atoms with Gasteiger partial charge in [-0.1, -0.05) is 18.2 Å². The molecule has 170 valence electrons. The van der Waals surface area contributed by atoms with Crippen molar-refractivity contribution in [2.75, 3.05) is 26.3 Å². The molecule has 1 saturated heterocycles. The molecule has 1 N–H and O–H groups in total. The molecule has 2 aromatic rings. The van der Waals surface area contributed by atoms with Gasteiger partial charge >= 0.3 is 5.97 Å². The number of nitrogens with one attached hydrogen (secondary N) is 1. The van der Waals surface area contributed by atoms with Crippen LogP contribution in [0.1, 0.15) is 30.6 Å². The number of rotatable bonds is 9. The second kappa shape index (κ2) is 11.2. The molecule has 1 aliphatic heterocycles. The first-order chi connectivity index (χ1) is 15.4.